The van der Waals surface area contributed by atoms with E-state index in [0.717, 1.165) is 9.99 Å². The first kappa shape index (κ1) is 8.54. The zero-order valence-electron chi connectivity index (χ0n) is 7.42. The van der Waals surface area contributed by atoms with Crippen LogP contribution in [0.25, 0.3) is 17.0 Å². The Balaban J connectivity index is 2.30. The van der Waals surface area contributed by atoms with E-state index < -0.39 is 0 Å². The number of nitrogens with one attached hydrogen (secondary N) is 1. The number of aromatic nitrogens is 6. The minimum Gasteiger partial charge on any atom is -0.340 e. The second-order valence-electron chi connectivity index (χ2n) is 2.90. The summed E-state index contributed by atoms with van der Waals surface area (Å²) in [5, 5.41) is 4.15. The molecule has 0 saturated heterocycles. The maximum atomic E-state index is 4.16. The van der Waals surface area contributed by atoms with Gasteiger partial charge in [0.15, 0.2) is 11.5 Å². The van der Waals surface area contributed by atoms with Crippen molar-refractivity contribution in [3.8, 4) is 5.82 Å². The third-order valence-corrected chi connectivity index (χ3v) is 2.38. The van der Waals surface area contributed by atoms with Gasteiger partial charge in [-0.2, -0.15) is 5.10 Å². The Morgan fingerprint density at radius 3 is 3.00 bits per heavy atom. The lowest BCUT2D eigenvalue weighted by Gasteiger charge is -1.99. The Kier molecular flexibility index (Phi) is 1.78. The predicted molar refractivity (Wildman–Crippen MR) is 56.5 cm³/mol. The Hall–Kier alpha value is -1.76. The largest absolute Gasteiger partial charge is 0.340 e. The van der Waals surface area contributed by atoms with Gasteiger partial charge in [-0.25, -0.2) is 19.6 Å². The number of fused-ring (bicyclic) bond motifs is 1. The SMILES string of the molecule is Brc1cnn(-c2ncnc3nc[nH]c23)c1. The summed E-state index contributed by atoms with van der Waals surface area (Å²) in [6.45, 7) is 0. The molecule has 0 bridgehead atoms. The molecule has 3 rings (SSSR count). The highest BCUT2D eigenvalue weighted by Gasteiger charge is 2.08. The van der Waals surface area contributed by atoms with E-state index in [1.54, 1.807) is 17.2 Å². The van der Waals surface area contributed by atoms with Crippen molar-refractivity contribution in [2.75, 3.05) is 0 Å². The molecule has 74 valence electrons. The zero-order valence-corrected chi connectivity index (χ0v) is 9.01. The lowest BCUT2D eigenvalue weighted by Crippen LogP contribution is -1.99. The van der Waals surface area contributed by atoms with Crippen molar-refractivity contribution in [3.63, 3.8) is 0 Å². The number of nitrogens with zero attached hydrogens (tertiary/aromatic N) is 5. The number of hydrogen-bond donors (Lipinski definition) is 1. The number of aromatic amines is 1. The summed E-state index contributed by atoms with van der Waals surface area (Å²) in [4.78, 5) is 15.2. The van der Waals surface area contributed by atoms with E-state index in [2.05, 4.69) is 41.0 Å². The topological polar surface area (TPSA) is 72.3 Å². The number of H-pyrrole nitrogens is 1. The lowest BCUT2D eigenvalue weighted by molar-refractivity contribution is 0.848. The molecular weight excluding hydrogens is 260 g/mol. The highest BCUT2D eigenvalue weighted by atomic mass is 79.9. The molecule has 0 spiro atoms. The maximum absolute atomic E-state index is 4.16. The predicted octanol–water partition coefficient (Wildman–Crippen LogP) is 1.30. The van der Waals surface area contributed by atoms with E-state index in [-0.39, 0.29) is 0 Å². The van der Waals surface area contributed by atoms with Gasteiger partial charge in [0.2, 0.25) is 0 Å². The molecule has 0 aliphatic carbocycles. The molecule has 0 aliphatic heterocycles. The van der Waals surface area contributed by atoms with E-state index in [9.17, 15) is 0 Å². The normalized spacial score (nSPS) is 11.0. The van der Waals surface area contributed by atoms with Crippen LogP contribution in [0.1, 0.15) is 0 Å². The van der Waals surface area contributed by atoms with Crippen LogP contribution in [0.5, 0.6) is 0 Å². The second-order valence-corrected chi connectivity index (χ2v) is 3.82. The summed E-state index contributed by atoms with van der Waals surface area (Å²) in [5.41, 5.74) is 1.40. The van der Waals surface area contributed by atoms with Crippen LogP contribution in [-0.4, -0.2) is 29.7 Å². The molecule has 0 unspecified atom stereocenters. The van der Waals surface area contributed by atoms with E-state index in [0.29, 0.717) is 11.5 Å². The molecule has 0 saturated carbocycles. The third kappa shape index (κ3) is 1.32. The Labute approximate surface area is 92.5 Å². The van der Waals surface area contributed by atoms with Gasteiger partial charge >= 0.3 is 0 Å². The van der Waals surface area contributed by atoms with Crippen molar-refractivity contribution in [1.82, 2.24) is 29.7 Å². The number of imidazole rings is 1. The minimum absolute atomic E-state index is 0.631. The monoisotopic (exact) mass is 264 g/mol. The first-order valence-corrected chi connectivity index (χ1v) is 4.98. The highest BCUT2D eigenvalue weighted by Crippen LogP contribution is 2.15. The van der Waals surface area contributed by atoms with Gasteiger partial charge in [-0.1, -0.05) is 0 Å². The molecule has 0 amide bonds. The van der Waals surface area contributed by atoms with Crippen LogP contribution in [0.2, 0.25) is 0 Å². The van der Waals surface area contributed by atoms with Crippen molar-refractivity contribution in [2.45, 2.75) is 0 Å². The molecule has 3 aromatic heterocycles. The lowest BCUT2D eigenvalue weighted by atomic mass is 10.5. The average Bonchev–Trinajstić information content (AvgIpc) is 2.84. The molecule has 0 atom stereocenters. The Bertz CT molecular complexity index is 612. The second kappa shape index (κ2) is 3.13. The van der Waals surface area contributed by atoms with E-state index in [1.807, 2.05) is 6.20 Å². The fourth-order valence-electron chi connectivity index (χ4n) is 1.34. The zero-order chi connectivity index (χ0) is 10.3. The van der Waals surface area contributed by atoms with Gasteiger partial charge in [0.05, 0.1) is 17.0 Å². The van der Waals surface area contributed by atoms with E-state index >= 15 is 0 Å². The third-order valence-electron chi connectivity index (χ3n) is 1.97. The van der Waals surface area contributed by atoms with Crippen LogP contribution in [-0.2, 0) is 0 Å². The molecule has 0 aliphatic rings. The molecular formula is C8H5BrN6. The molecule has 0 radical (unpaired) electrons. The minimum atomic E-state index is 0.631. The smallest absolute Gasteiger partial charge is 0.182 e. The van der Waals surface area contributed by atoms with Gasteiger partial charge in [-0.05, 0) is 15.9 Å². The van der Waals surface area contributed by atoms with Crippen molar-refractivity contribution < 1.29 is 0 Å². The van der Waals surface area contributed by atoms with Crippen LogP contribution in [0.4, 0.5) is 0 Å². The van der Waals surface area contributed by atoms with Gasteiger partial charge in [-0.15, -0.1) is 0 Å². The van der Waals surface area contributed by atoms with E-state index in [4.69, 9.17) is 0 Å². The molecule has 3 aromatic rings. The van der Waals surface area contributed by atoms with Gasteiger partial charge in [0.1, 0.15) is 11.8 Å². The van der Waals surface area contributed by atoms with Crippen LogP contribution in [0, 0.1) is 0 Å². The molecule has 7 heteroatoms. The van der Waals surface area contributed by atoms with Crippen LogP contribution in [0.15, 0.2) is 29.5 Å². The summed E-state index contributed by atoms with van der Waals surface area (Å²) in [7, 11) is 0. The fourth-order valence-corrected chi connectivity index (χ4v) is 1.63. The van der Waals surface area contributed by atoms with Crippen molar-refractivity contribution in [3.05, 3.63) is 29.5 Å². The quantitative estimate of drug-likeness (QED) is 0.719. The number of halogens is 1. The van der Waals surface area contributed by atoms with Crippen LogP contribution >= 0.6 is 15.9 Å². The first-order chi connectivity index (χ1) is 7.34. The number of rotatable bonds is 1. The van der Waals surface area contributed by atoms with Crippen molar-refractivity contribution in [1.29, 1.82) is 0 Å². The van der Waals surface area contributed by atoms with Crippen molar-refractivity contribution in [2.24, 2.45) is 0 Å². The molecule has 15 heavy (non-hydrogen) atoms. The first-order valence-electron chi connectivity index (χ1n) is 4.19. The molecule has 3 heterocycles. The summed E-state index contributed by atoms with van der Waals surface area (Å²) < 4.78 is 2.56. The van der Waals surface area contributed by atoms with Gasteiger partial charge in [0.25, 0.3) is 0 Å². The molecule has 6 nitrogen and oxygen atoms in total. The maximum Gasteiger partial charge on any atom is 0.182 e. The number of hydrogen-bond acceptors (Lipinski definition) is 4. The summed E-state index contributed by atoms with van der Waals surface area (Å²) >= 11 is 3.33. The van der Waals surface area contributed by atoms with Gasteiger partial charge in [-0.3, -0.25) is 0 Å². The summed E-state index contributed by atoms with van der Waals surface area (Å²) in [6, 6.07) is 0. The van der Waals surface area contributed by atoms with Gasteiger partial charge in [0, 0.05) is 6.20 Å². The van der Waals surface area contributed by atoms with Crippen LogP contribution < -0.4 is 0 Å². The Morgan fingerprint density at radius 2 is 2.20 bits per heavy atom. The summed E-state index contributed by atoms with van der Waals surface area (Å²) in [6.07, 6.45) is 6.57. The van der Waals surface area contributed by atoms with Crippen LogP contribution in [0.3, 0.4) is 0 Å². The van der Waals surface area contributed by atoms with Crippen molar-refractivity contribution >= 4 is 27.1 Å². The fraction of sp³-hybridized carbons (Fsp3) is 0. The Morgan fingerprint density at radius 1 is 1.27 bits per heavy atom. The average molecular weight is 265 g/mol. The van der Waals surface area contributed by atoms with E-state index in [1.165, 1.54) is 6.33 Å². The molecule has 0 fully saturated rings. The summed E-state index contributed by atoms with van der Waals surface area (Å²) in [5.74, 6) is 0.684. The molecule has 1 N–H and O–H groups in total. The highest BCUT2D eigenvalue weighted by molar-refractivity contribution is 9.10. The molecule has 0 aromatic carbocycles. The standard InChI is InChI=1S/C8H5BrN6/c9-5-1-14-15(2-5)8-6-7(11-3-10-6)12-4-13-8/h1-4H,(H,10,11,12,13). The van der Waals surface area contributed by atoms with Gasteiger partial charge < -0.3 is 4.98 Å².